The molecule has 0 saturated carbocycles. The van der Waals surface area contributed by atoms with Crippen molar-refractivity contribution >= 4 is 35.5 Å². The van der Waals surface area contributed by atoms with Crippen molar-refractivity contribution < 1.29 is 57.1 Å². The predicted octanol–water partition coefficient (Wildman–Crippen LogP) is 3.81. The molecule has 2 aliphatic rings. The molecule has 0 spiro atoms. The van der Waals surface area contributed by atoms with Crippen molar-refractivity contribution in [1.82, 2.24) is 0 Å². The van der Waals surface area contributed by atoms with Crippen LogP contribution in [-0.4, -0.2) is 61.9 Å². The first-order valence-electron chi connectivity index (χ1n) is 13.1. The van der Waals surface area contributed by atoms with Crippen molar-refractivity contribution in [2.75, 3.05) is 13.4 Å². The molecule has 1 fully saturated rings. The molecule has 1 saturated heterocycles. The number of halogens is 1. The lowest BCUT2D eigenvalue weighted by molar-refractivity contribution is -0.298. The van der Waals surface area contributed by atoms with Gasteiger partial charge in [-0.3, -0.25) is 19.2 Å². The van der Waals surface area contributed by atoms with E-state index in [-0.39, 0.29) is 18.3 Å². The summed E-state index contributed by atoms with van der Waals surface area (Å²) in [6.07, 6.45) is -6.69. The molecule has 0 aliphatic carbocycles. The zero-order valence-electron chi connectivity index (χ0n) is 23.7. The van der Waals surface area contributed by atoms with Crippen LogP contribution in [0.1, 0.15) is 57.4 Å². The molecule has 12 nitrogen and oxygen atoms in total. The fraction of sp³-hybridized carbons (Fsp3) is 0.448. The number of fused-ring (bicyclic) bond motifs is 1. The van der Waals surface area contributed by atoms with Gasteiger partial charge in [0.25, 0.3) is 0 Å². The molecule has 13 heteroatoms. The van der Waals surface area contributed by atoms with E-state index in [9.17, 15) is 19.2 Å². The number of hydrogen-bond acceptors (Lipinski definition) is 12. The van der Waals surface area contributed by atoms with Crippen LogP contribution in [0.2, 0.25) is 5.02 Å². The highest BCUT2D eigenvalue weighted by Gasteiger charge is 2.54. The van der Waals surface area contributed by atoms with Crippen molar-refractivity contribution in [3.05, 3.63) is 52.0 Å². The molecule has 42 heavy (non-hydrogen) atoms. The summed E-state index contributed by atoms with van der Waals surface area (Å²) in [5.74, 6) is -1.90. The van der Waals surface area contributed by atoms with E-state index in [4.69, 9.17) is 49.5 Å². The Morgan fingerprint density at radius 2 is 1.38 bits per heavy atom. The third-order valence-corrected chi connectivity index (χ3v) is 6.72. The van der Waals surface area contributed by atoms with Crippen LogP contribution in [0.15, 0.2) is 30.3 Å². The third kappa shape index (κ3) is 7.05. The van der Waals surface area contributed by atoms with Gasteiger partial charge in [-0.25, -0.2) is 0 Å². The molecule has 0 amide bonds. The molecular formula is C29H31ClO12. The molecule has 2 heterocycles. The van der Waals surface area contributed by atoms with Crippen LogP contribution in [0.25, 0.3) is 0 Å². The van der Waals surface area contributed by atoms with Gasteiger partial charge in [-0.15, -0.1) is 0 Å². The lowest BCUT2D eigenvalue weighted by Gasteiger charge is -2.44. The largest absolute Gasteiger partial charge is 0.494 e. The molecule has 226 valence electrons. The Balaban J connectivity index is 1.83. The Labute approximate surface area is 247 Å². The van der Waals surface area contributed by atoms with E-state index in [1.54, 1.807) is 6.07 Å². The topological polar surface area (TPSA) is 142 Å². The minimum absolute atomic E-state index is 0.156. The van der Waals surface area contributed by atoms with Crippen LogP contribution in [0.4, 0.5) is 0 Å². The average Bonchev–Trinajstić information content (AvgIpc) is 3.40. The number of carbonyl (C=O) groups is 4. The van der Waals surface area contributed by atoms with Gasteiger partial charge in [0.2, 0.25) is 19.2 Å². The molecule has 4 rings (SSSR count). The minimum Gasteiger partial charge on any atom is -0.494 e. The van der Waals surface area contributed by atoms with E-state index in [1.807, 2.05) is 31.2 Å². The number of benzene rings is 2. The van der Waals surface area contributed by atoms with Gasteiger partial charge in [0.05, 0.1) is 11.6 Å². The maximum Gasteiger partial charge on any atom is 0.305 e. The number of hydrogen-bond donors (Lipinski definition) is 0. The molecule has 5 atom stereocenters. The van der Waals surface area contributed by atoms with Crippen LogP contribution in [0.5, 0.6) is 17.2 Å². The maximum absolute atomic E-state index is 12.3. The standard InChI is InChI=1S/C29H31ClO12/c1-6-35-20-9-7-18(8-10-20)11-19-12-21(23-25(22(19)30)37-13-36-23)24-26(38-14(2)31)27(39-15(3)32)28(40-16(4)33)29(42-24)41-17(5)34/h7-10,12,24,26-29H,6,11,13H2,1-5H3/t24-,26-,27+,28-,29?/m0/s1. The second kappa shape index (κ2) is 13.3. The van der Waals surface area contributed by atoms with Gasteiger partial charge in [-0.2, -0.15) is 0 Å². The number of esters is 4. The Hall–Kier alpha value is -4.03. The fourth-order valence-corrected chi connectivity index (χ4v) is 5.09. The first-order chi connectivity index (χ1) is 20.0. The number of carbonyl (C=O) groups excluding carboxylic acids is 4. The normalized spacial score (nSPS) is 22.6. The van der Waals surface area contributed by atoms with Gasteiger partial charge in [-0.1, -0.05) is 23.7 Å². The summed E-state index contributed by atoms with van der Waals surface area (Å²) in [5.41, 5.74) is 1.83. The number of ether oxygens (including phenoxy) is 8. The first-order valence-corrected chi connectivity index (χ1v) is 13.5. The van der Waals surface area contributed by atoms with Crippen LogP contribution in [0, 0.1) is 0 Å². The predicted molar refractivity (Wildman–Crippen MR) is 144 cm³/mol. The van der Waals surface area contributed by atoms with E-state index in [0.717, 1.165) is 33.3 Å². The zero-order chi connectivity index (χ0) is 30.6. The summed E-state index contributed by atoms with van der Waals surface area (Å²) in [5, 5.41) is 0.297. The van der Waals surface area contributed by atoms with Gasteiger partial charge in [0, 0.05) is 33.3 Å². The Kier molecular flexibility index (Phi) is 9.79. The molecule has 0 aromatic heterocycles. The van der Waals surface area contributed by atoms with Gasteiger partial charge in [-0.05, 0) is 42.7 Å². The van der Waals surface area contributed by atoms with Crippen molar-refractivity contribution in [2.24, 2.45) is 0 Å². The molecular weight excluding hydrogens is 576 g/mol. The van der Waals surface area contributed by atoms with Gasteiger partial charge >= 0.3 is 23.9 Å². The Morgan fingerprint density at radius 1 is 0.810 bits per heavy atom. The summed E-state index contributed by atoms with van der Waals surface area (Å²) in [7, 11) is 0. The monoisotopic (exact) mass is 606 g/mol. The smallest absolute Gasteiger partial charge is 0.305 e. The Bertz CT molecular complexity index is 1340. The van der Waals surface area contributed by atoms with Gasteiger partial charge in [0.15, 0.2) is 23.7 Å². The lowest BCUT2D eigenvalue weighted by Crippen LogP contribution is -2.59. The highest BCUT2D eigenvalue weighted by atomic mass is 35.5. The maximum atomic E-state index is 12.3. The highest BCUT2D eigenvalue weighted by molar-refractivity contribution is 6.33. The van der Waals surface area contributed by atoms with Gasteiger partial charge in [0.1, 0.15) is 11.9 Å². The van der Waals surface area contributed by atoms with Crippen molar-refractivity contribution in [3.63, 3.8) is 0 Å². The van der Waals surface area contributed by atoms with E-state index in [0.29, 0.717) is 34.9 Å². The van der Waals surface area contributed by atoms with Gasteiger partial charge < -0.3 is 37.9 Å². The van der Waals surface area contributed by atoms with Crippen molar-refractivity contribution in [2.45, 2.75) is 71.7 Å². The third-order valence-electron chi connectivity index (χ3n) is 6.30. The number of rotatable bonds is 9. The molecule has 0 N–H and O–H groups in total. The summed E-state index contributed by atoms with van der Waals surface area (Å²) >= 11 is 6.74. The first kappa shape index (κ1) is 30.9. The second-order valence-corrected chi connectivity index (χ2v) is 9.89. The molecule has 0 radical (unpaired) electrons. The fourth-order valence-electron chi connectivity index (χ4n) is 4.83. The SMILES string of the molecule is CCOc1ccc(Cc2cc([C@@H]3OC(OC(C)=O)[C@@H](OC(C)=O)[C@H](OC(C)=O)[C@H]3OC(C)=O)c3c(c2Cl)OCO3)cc1. The molecule has 2 aromatic rings. The summed E-state index contributed by atoms with van der Waals surface area (Å²) in [4.78, 5) is 48.5. The molecule has 2 aliphatic heterocycles. The molecule has 0 bridgehead atoms. The van der Waals surface area contributed by atoms with E-state index in [1.165, 1.54) is 0 Å². The summed E-state index contributed by atoms with van der Waals surface area (Å²) in [6.45, 7) is 6.81. The van der Waals surface area contributed by atoms with Crippen LogP contribution >= 0.6 is 11.6 Å². The quantitative estimate of drug-likeness (QED) is 0.302. The average molecular weight is 607 g/mol. The highest BCUT2D eigenvalue weighted by Crippen LogP contribution is 2.50. The van der Waals surface area contributed by atoms with E-state index < -0.39 is 54.6 Å². The van der Waals surface area contributed by atoms with Crippen LogP contribution < -0.4 is 14.2 Å². The van der Waals surface area contributed by atoms with E-state index >= 15 is 0 Å². The molecule has 2 aromatic carbocycles. The van der Waals surface area contributed by atoms with E-state index in [2.05, 4.69) is 0 Å². The summed E-state index contributed by atoms with van der Waals surface area (Å²) < 4.78 is 44.9. The second-order valence-electron chi connectivity index (χ2n) is 9.51. The minimum atomic E-state index is -1.55. The summed E-state index contributed by atoms with van der Waals surface area (Å²) in [6, 6.07) is 9.15. The van der Waals surface area contributed by atoms with Crippen LogP contribution in [-0.2, 0) is 49.3 Å². The van der Waals surface area contributed by atoms with Crippen molar-refractivity contribution in [3.8, 4) is 17.2 Å². The lowest BCUT2D eigenvalue weighted by atomic mass is 9.90. The Morgan fingerprint density at radius 3 is 1.98 bits per heavy atom. The van der Waals surface area contributed by atoms with Crippen molar-refractivity contribution in [1.29, 1.82) is 0 Å². The zero-order valence-corrected chi connectivity index (χ0v) is 24.4. The molecule has 1 unspecified atom stereocenters. The van der Waals surface area contributed by atoms with Crippen LogP contribution in [0.3, 0.4) is 0 Å².